The van der Waals surface area contributed by atoms with Crippen molar-refractivity contribution in [1.82, 2.24) is 5.32 Å². The molecule has 0 spiro atoms. The first-order valence-electron chi connectivity index (χ1n) is 4.62. The van der Waals surface area contributed by atoms with Crippen LogP contribution in [0.2, 0.25) is 4.34 Å². The molecule has 1 aromatic rings. The van der Waals surface area contributed by atoms with E-state index in [2.05, 4.69) is 41.2 Å². The number of halogens is 2. The Balaban J connectivity index is 2.71. The van der Waals surface area contributed by atoms with Crippen molar-refractivity contribution in [3.8, 4) is 6.07 Å². The van der Waals surface area contributed by atoms with Crippen molar-refractivity contribution in [2.45, 2.75) is 19.9 Å². The van der Waals surface area contributed by atoms with Crippen LogP contribution in [0.5, 0.6) is 0 Å². The number of thiophene rings is 1. The lowest BCUT2D eigenvalue weighted by Crippen LogP contribution is -2.23. The Morgan fingerprint density at radius 3 is 2.73 bits per heavy atom. The van der Waals surface area contributed by atoms with E-state index in [-0.39, 0.29) is 6.04 Å². The fraction of sp³-hybridized carbons (Fsp3) is 0.500. The lowest BCUT2D eigenvalue weighted by Gasteiger charge is -2.11. The van der Waals surface area contributed by atoms with Crippen LogP contribution in [0.3, 0.4) is 0 Å². The van der Waals surface area contributed by atoms with E-state index in [1.165, 1.54) is 11.3 Å². The van der Waals surface area contributed by atoms with Crippen LogP contribution in [0.15, 0.2) is 10.5 Å². The minimum atomic E-state index is -0.263. The van der Waals surface area contributed by atoms with Gasteiger partial charge >= 0.3 is 0 Å². The lowest BCUT2D eigenvalue weighted by atomic mass is 10.2. The Morgan fingerprint density at radius 2 is 2.33 bits per heavy atom. The van der Waals surface area contributed by atoms with Crippen LogP contribution in [0, 0.1) is 17.2 Å². The third-order valence-corrected chi connectivity index (χ3v) is 4.35. The van der Waals surface area contributed by atoms with E-state index in [1.807, 2.05) is 6.07 Å². The Hall–Kier alpha value is -0.0800. The number of nitrogens with one attached hydrogen (secondary N) is 1. The summed E-state index contributed by atoms with van der Waals surface area (Å²) in [5, 5.41) is 12.2. The number of hydrogen-bond acceptors (Lipinski definition) is 3. The van der Waals surface area contributed by atoms with Gasteiger partial charge in [-0.2, -0.15) is 5.26 Å². The zero-order valence-corrected chi connectivity index (χ0v) is 11.7. The first-order chi connectivity index (χ1) is 7.04. The molecule has 15 heavy (non-hydrogen) atoms. The molecule has 0 saturated heterocycles. The molecule has 0 aliphatic heterocycles. The molecule has 0 aromatic carbocycles. The molecule has 2 nitrogen and oxygen atoms in total. The van der Waals surface area contributed by atoms with Crippen molar-refractivity contribution in [3.05, 3.63) is 19.8 Å². The second-order valence-corrected chi connectivity index (χ2v) is 6.17. The van der Waals surface area contributed by atoms with Crippen LogP contribution in [0.1, 0.15) is 24.8 Å². The molecule has 0 fully saturated rings. The highest BCUT2D eigenvalue weighted by Gasteiger charge is 2.15. The van der Waals surface area contributed by atoms with Gasteiger partial charge in [0.15, 0.2) is 0 Å². The van der Waals surface area contributed by atoms with E-state index in [0.29, 0.717) is 10.3 Å². The van der Waals surface area contributed by atoms with Gasteiger partial charge in [-0.3, -0.25) is 5.32 Å². The van der Waals surface area contributed by atoms with E-state index in [4.69, 9.17) is 16.9 Å². The van der Waals surface area contributed by atoms with Gasteiger partial charge in [0.1, 0.15) is 10.4 Å². The summed E-state index contributed by atoms with van der Waals surface area (Å²) in [6.45, 7) is 5.04. The first-order valence-corrected chi connectivity index (χ1v) is 6.61. The van der Waals surface area contributed by atoms with E-state index >= 15 is 0 Å². The van der Waals surface area contributed by atoms with E-state index < -0.39 is 0 Å². The van der Waals surface area contributed by atoms with Crippen molar-refractivity contribution in [2.24, 2.45) is 5.92 Å². The molecule has 0 amide bonds. The third-order valence-electron chi connectivity index (χ3n) is 1.81. The number of hydrogen-bond donors (Lipinski definition) is 1. The fourth-order valence-electron chi connectivity index (χ4n) is 1.07. The highest BCUT2D eigenvalue weighted by atomic mass is 79.9. The Bertz CT molecular complexity index is 350. The summed E-state index contributed by atoms with van der Waals surface area (Å²) in [6.07, 6.45) is 0. The molecule has 0 bridgehead atoms. The number of nitrogens with zero attached hydrogens (tertiary/aromatic N) is 1. The Morgan fingerprint density at radius 1 is 1.67 bits per heavy atom. The van der Waals surface area contributed by atoms with Crippen LogP contribution >= 0.6 is 38.9 Å². The van der Waals surface area contributed by atoms with E-state index in [9.17, 15) is 0 Å². The maximum Gasteiger partial charge on any atom is 0.130 e. The minimum Gasteiger partial charge on any atom is -0.297 e. The summed E-state index contributed by atoms with van der Waals surface area (Å²) >= 11 is 10.7. The molecule has 1 unspecified atom stereocenters. The van der Waals surface area contributed by atoms with Gasteiger partial charge in [-0.25, -0.2) is 0 Å². The lowest BCUT2D eigenvalue weighted by molar-refractivity contribution is 0.528. The molecule has 0 radical (unpaired) electrons. The van der Waals surface area contributed by atoms with Gasteiger partial charge in [-0.15, -0.1) is 11.3 Å². The molecule has 1 atom stereocenters. The zero-order chi connectivity index (χ0) is 11.4. The second kappa shape index (κ2) is 5.86. The van der Waals surface area contributed by atoms with Crippen molar-refractivity contribution in [2.75, 3.05) is 6.54 Å². The third kappa shape index (κ3) is 3.76. The van der Waals surface area contributed by atoms with Crippen LogP contribution in [0.25, 0.3) is 0 Å². The molecule has 5 heteroatoms. The zero-order valence-electron chi connectivity index (χ0n) is 8.55. The van der Waals surface area contributed by atoms with Gasteiger partial charge in [-0.1, -0.05) is 25.4 Å². The predicted molar refractivity (Wildman–Crippen MR) is 68.2 cm³/mol. The van der Waals surface area contributed by atoms with Gasteiger partial charge in [0.05, 0.1) is 6.07 Å². The molecule has 1 aromatic heterocycles. The highest BCUT2D eigenvalue weighted by Crippen LogP contribution is 2.34. The van der Waals surface area contributed by atoms with Crippen LogP contribution in [0.4, 0.5) is 0 Å². The van der Waals surface area contributed by atoms with Crippen molar-refractivity contribution >= 4 is 38.9 Å². The predicted octanol–water partition coefficient (Wildman–Crippen LogP) is 3.97. The Labute approximate surface area is 107 Å². The minimum absolute atomic E-state index is 0.263. The molecule has 1 heterocycles. The summed E-state index contributed by atoms with van der Waals surface area (Å²) in [4.78, 5) is 0.954. The maximum atomic E-state index is 9.03. The largest absolute Gasteiger partial charge is 0.297 e. The molecule has 1 N–H and O–H groups in total. The summed E-state index contributed by atoms with van der Waals surface area (Å²) in [5.41, 5.74) is 0. The molecular formula is C10H12BrClN2S. The van der Waals surface area contributed by atoms with Gasteiger partial charge < -0.3 is 0 Å². The van der Waals surface area contributed by atoms with Crippen LogP contribution < -0.4 is 5.32 Å². The SMILES string of the molecule is CC(C)CNC(C#N)c1cc(Br)c(Cl)s1. The fourth-order valence-corrected chi connectivity index (χ4v) is 2.83. The summed E-state index contributed by atoms with van der Waals surface area (Å²) in [7, 11) is 0. The van der Waals surface area contributed by atoms with Crippen LogP contribution in [-0.2, 0) is 0 Å². The highest BCUT2D eigenvalue weighted by molar-refractivity contribution is 9.10. The van der Waals surface area contributed by atoms with Crippen LogP contribution in [-0.4, -0.2) is 6.54 Å². The monoisotopic (exact) mass is 306 g/mol. The van der Waals surface area contributed by atoms with Gasteiger partial charge in [0.2, 0.25) is 0 Å². The van der Waals surface area contributed by atoms with Crippen molar-refractivity contribution < 1.29 is 0 Å². The average molecular weight is 308 g/mol. The molecule has 0 aliphatic rings. The number of nitriles is 1. The topological polar surface area (TPSA) is 35.8 Å². The van der Waals surface area contributed by atoms with Gasteiger partial charge in [0, 0.05) is 9.35 Å². The normalized spacial score (nSPS) is 12.8. The molecule has 0 saturated carbocycles. The number of rotatable bonds is 4. The average Bonchev–Trinajstić information content (AvgIpc) is 2.47. The molecule has 1 rings (SSSR count). The van der Waals surface area contributed by atoms with Gasteiger partial charge in [-0.05, 0) is 34.5 Å². The smallest absolute Gasteiger partial charge is 0.130 e. The van der Waals surface area contributed by atoms with Crippen molar-refractivity contribution in [1.29, 1.82) is 5.26 Å². The summed E-state index contributed by atoms with van der Waals surface area (Å²) in [6, 6.07) is 3.87. The first kappa shape index (κ1) is 13.0. The molecular weight excluding hydrogens is 296 g/mol. The van der Waals surface area contributed by atoms with Crippen molar-refractivity contribution in [3.63, 3.8) is 0 Å². The van der Waals surface area contributed by atoms with E-state index in [1.54, 1.807) is 0 Å². The second-order valence-electron chi connectivity index (χ2n) is 3.63. The summed E-state index contributed by atoms with van der Waals surface area (Å²) < 4.78 is 1.55. The quantitative estimate of drug-likeness (QED) is 0.913. The Kier molecular flexibility index (Phi) is 5.07. The maximum absolute atomic E-state index is 9.03. The molecule has 0 aliphatic carbocycles. The van der Waals surface area contributed by atoms with E-state index in [0.717, 1.165) is 15.9 Å². The van der Waals surface area contributed by atoms with Gasteiger partial charge in [0.25, 0.3) is 0 Å². The summed E-state index contributed by atoms with van der Waals surface area (Å²) in [5.74, 6) is 0.528. The standard InChI is InChI=1S/C10H12BrClN2S/c1-6(2)5-14-8(4-13)9-3-7(11)10(12)15-9/h3,6,8,14H,5H2,1-2H3. The molecule has 82 valence electrons.